The third-order valence-electron chi connectivity index (χ3n) is 6.29. The Hall–Kier alpha value is -3.98. The highest BCUT2D eigenvalue weighted by Gasteiger charge is 2.46. The fraction of sp³-hybridized carbons (Fsp3) is 0.0345. The Kier molecular flexibility index (Phi) is 6.79. The van der Waals surface area contributed by atoms with Crippen molar-refractivity contribution in [3.8, 4) is 22.6 Å². The van der Waals surface area contributed by atoms with E-state index in [2.05, 4.69) is 25.4 Å². The fourth-order valence-corrected chi connectivity index (χ4v) is 5.23. The molecule has 192 valence electrons. The molecule has 0 spiro atoms. The minimum atomic E-state index is -2.57. The summed E-state index contributed by atoms with van der Waals surface area (Å²) in [5.41, 5.74) is 4.05. The second-order valence-corrected chi connectivity index (χ2v) is 9.22. The van der Waals surface area contributed by atoms with Crippen molar-refractivity contribution in [2.24, 2.45) is 0 Å². The highest BCUT2D eigenvalue weighted by molar-refractivity contribution is 9.10. The first-order valence-corrected chi connectivity index (χ1v) is 11.9. The summed E-state index contributed by atoms with van der Waals surface area (Å²) >= 11 is 3.54. The van der Waals surface area contributed by atoms with Crippen molar-refractivity contribution < 1.29 is 35.8 Å². The predicted octanol–water partition coefficient (Wildman–Crippen LogP) is 9.64. The number of fused-ring (bicyclic) bond motifs is 3. The van der Waals surface area contributed by atoms with E-state index in [4.69, 9.17) is 0 Å². The topological polar surface area (TPSA) is 18.5 Å². The number of benzene rings is 4. The Labute approximate surface area is 221 Å². The van der Waals surface area contributed by atoms with E-state index in [1.165, 1.54) is 24.3 Å². The minimum Gasteiger partial charge on any atom is -0.428 e. The third-order valence-corrected chi connectivity index (χ3v) is 6.79. The van der Waals surface area contributed by atoms with Gasteiger partial charge in [0.2, 0.25) is 0 Å². The van der Waals surface area contributed by atoms with Crippen LogP contribution >= 0.6 is 15.9 Å². The standard InChI is InChI=1S/C29H15BrF6O2/c30-18-9-14-22-21-3-1-2-4-23(21)29(24(22)15-18,16-5-10-19(11-6-16)37-27(35)25(31)32)17-7-12-20(13-8-17)38-28(36)26(33)34/h1-15H. The van der Waals surface area contributed by atoms with Crippen molar-refractivity contribution in [2.75, 3.05) is 0 Å². The molecule has 1 aliphatic carbocycles. The number of halogens is 7. The molecule has 0 fully saturated rings. The van der Waals surface area contributed by atoms with Crippen LogP contribution in [-0.4, -0.2) is 0 Å². The van der Waals surface area contributed by atoms with E-state index in [0.717, 1.165) is 26.7 Å². The predicted molar refractivity (Wildman–Crippen MR) is 133 cm³/mol. The first-order valence-electron chi connectivity index (χ1n) is 11.1. The fourth-order valence-electron chi connectivity index (χ4n) is 4.87. The number of hydrogen-bond acceptors (Lipinski definition) is 2. The van der Waals surface area contributed by atoms with E-state index in [0.29, 0.717) is 11.1 Å². The molecule has 0 unspecified atom stereocenters. The van der Waals surface area contributed by atoms with Gasteiger partial charge in [-0.3, -0.25) is 0 Å². The van der Waals surface area contributed by atoms with Crippen LogP contribution in [0.4, 0.5) is 26.3 Å². The highest BCUT2D eigenvalue weighted by Crippen LogP contribution is 2.56. The highest BCUT2D eigenvalue weighted by atomic mass is 79.9. The zero-order valence-corrected chi connectivity index (χ0v) is 20.7. The van der Waals surface area contributed by atoms with E-state index in [9.17, 15) is 26.3 Å². The van der Waals surface area contributed by atoms with Crippen LogP contribution in [0.3, 0.4) is 0 Å². The Morgan fingerprint density at radius 2 is 1.03 bits per heavy atom. The summed E-state index contributed by atoms with van der Waals surface area (Å²) < 4.78 is 86.9. The molecule has 2 nitrogen and oxygen atoms in total. The SMILES string of the molecule is FC(F)=C(F)Oc1ccc(C2(c3ccc(OC(F)=C(F)F)cc3)c3ccccc3-c3ccc(Br)cc32)cc1. The summed E-state index contributed by atoms with van der Waals surface area (Å²) in [5, 5.41) is 0. The zero-order valence-electron chi connectivity index (χ0n) is 19.1. The Bertz CT molecular complexity index is 1500. The van der Waals surface area contributed by atoms with Gasteiger partial charge >= 0.3 is 24.2 Å². The average Bonchev–Trinajstić information content (AvgIpc) is 3.19. The Morgan fingerprint density at radius 1 is 0.553 bits per heavy atom. The lowest BCUT2D eigenvalue weighted by Gasteiger charge is -2.34. The van der Waals surface area contributed by atoms with Crippen LogP contribution < -0.4 is 9.47 Å². The van der Waals surface area contributed by atoms with Crippen LogP contribution in [0.15, 0.2) is 120 Å². The maximum absolute atomic E-state index is 13.4. The van der Waals surface area contributed by atoms with Gasteiger partial charge in [-0.1, -0.05) is 70.5 Å². The van der Waals surface area contributed by atoms with Crippen molar-refractivity contribution in [1.29, 1.82) is 0 Å². The molecule has 5 rings (SSSR count). The normalized spacial score (nSPS) is 12.8. The van der Waals surface area contributed by atoms with E-state index in [-0.39, 0.29) is 11.5 Å². The van der Waals surface area contributed by atoms with Gasteiger partial charge in [-0.05, 0) is 69.8 Å². The monoisotopic (exact) mass is 588 g/mol. The summed E-state index contributed by atoms with van der Waals surface area (Å²) in [6.07, 6.45) is -5.15. The number of ether oxygens (including phenoxy) is 2. The molecule has 38 heavy (non-hydrogen) atoms. The van der Waals surface area contributed by atoms with Crippen LogP contribution in [0.5, 0.6) is 11.5 Å². The van der Waals surface area contributed by atoms with E-state index in [1.54, 1.807) is 24.3 Å². The summed E-state index contributed by atoms with van der Waals surface area (Å²) in [6, 6.07) is 21.6. The summed E-state index contributed by atoms with van der Waals surface area (Å²) in [6.45, 7) is 0. The molecule has 0 aliphatic heterocycles. The van der Waals surface area contributed by atoms with E-state index < -0.39 is 29.6 Å². The maximum Gasteiger partial charge on any atom is 0.344 e. The van der Waals surface area contributed by atoms with Crippen molar-refractivity contribution >= 4 is 15.9 Å². The van der Waals surface area contributed by atoms with Gasteiger partial charge in [0.15, 0.2) is 0 Å². The molecule has 0 amide bonds. The van der Waals surface area contributed by atoms with Gasteiger partial charge < -0.3 is 9.47 Å². The van der Waals surface area contributed by atoms with Crippen LogP contribution in [0.1, 0.15) is 22.3 Å². The van der Waals surface area contributed by atoms with Gasteiger partial charge in [0.25, 0.3) is 0 Å². The van der Waals surface area contributed by atoms with Gasteiger partial charge in [0.1, 0.15) is 11.5 Å². The second-order valence-electron chi connectivity index (χ2n) is 8.31. The maximum atomic E-state index is 13.4. The molecule has 9 heteroatoms. The lowest BCUT2D eigenvalue weighted by Crippen LogP contribution is -2.28. The van der Waals surface area contributed by atoms with Crippen molar-refractivity contribution in [1.82, 2.24) is 0 Å². The first-order chi connectivity index (χ1) is 18.2. The molecule has 0 atom stereocenters. The molecule has 0 saturated carbocycles. The average molecular weight is 589 g/mol. The number of hydrogen-bond donors (Lipinski definition) is 0. The first kappa shape index (κ1) is 25.7. The summed E-state index contributed by atoms with van der Waals surface area (Å²) in [5.74, 6) is -0.261. The second kappa shape index (κ2) is 10.1. The van der Waals surface area contributed by atoms with Crippen LogP contribution in [-0.2, 0) is 5.41 Å². The van der Waals surface area contributed by atoms with Gasteiger partial charge in [-0.15, -0.1) is 0 Å². The van der Waals surface area contributed by atoms with Crippen LogP contribution in [0.25, 0.3) is 11.1 Å². The lowest BCUT2D eigenvalue weighted by molar-refractivity contribution is 0.241. The molecule has 0 aromatic heterocycles. The molecule has 0 heterocycles. The largest absolute Gasteiger partial charge is 0.428 e. The third kappa shape index (κ3) is 4.36. The van der Waals surface area contributed by atoms with E-state index >= 15 is 0 Å². The van der Waals surface area contributed by atoms with Crippen LogP contribution in [0, 0.1) is 0 Å². The van der Waals surface area contributed by atoms with Gasteiger partial charge in [-0.2, -0.15) is 26.3 Å². The van der Waals surface area contributed by atoms with Gasteiger partial charge in [-0.25, -0.2) is 0 Å². The zero-order chi connectivity index (χ0) is 27.0. The molecule has 4 aromatic rings. The van der Waals surface area contributed by atoms with Crippen molar-refractivity contribution in [3.63, 3.8) is 0 Å². The molecule has 0 radical (unpaired) electrons. The summed E-state index contributed by atoms with van der Waals surface area (Å²) in [4.78, 5) is 0. The molecule has 0 bridgehead atoms. The van der Waals surface area contributed by atoms with Gasteiger partial charge in [0.05, 0.1) is 5.41 Å². The quantitative estimate of drug-likeness (QED) is 0.145. The Balaban J connectivity index is 1.73. The van der Waals surface area contributed by atoms with Crippen molar-refractivity contribution in [2.45, 2.75) is 5.41 Å². The molecule has 0 N–H and O–H groups in total. The van der Waals surface area contributed by atoms with Gasteiger partial charge in [0, 0.05) is 4.47 Å². The minimum absolute atomic E-state index is 0.130. The van der Waals surface area contributed by atoms with Crippen LogP contribution in [0.2, 0.25) is 0 Å². The summed E-state index contributed by atoms with van der Waals surface area (Å²) in [7, 11) is 0. The number of rotatable bonds is 6. The molecular weight excluding hydrogens is 574 g/mol. The molecule has 1 aliphatic rings. The molecule has 0 saturated heterocycles. The Morgan fingerprint density at radius 3 is 1.53 bits per heavy atom. The lowest BCUT2D eigenvalue weighted by atomic mass is 9.68. The smallest absolute Gasteiger partial charge is 0.344 e. The van der Waals surface area contributed by atoms with E-state index in [1.807, 2.05) is 42.5 Å². The molecule has 4 aromatic carbocycles. The van der Waals surface area contributed by atoms with Crippen molar-refractivity contribution in [3.05, 3.63) is 142 Å². The molecular formula is C29H15BrF6O2.